The molecular formula is C20H28N4O. The molecule has 2 heterocycles. The molecule has 0 spiro atoms. The monoisotopic (exact) mass is 340 g/mol. The van der Waals surface area contributed by atoms with E-state index >= 15 is 0 Å². The zero-order chi connectivity index (χ0) is 18.0. The Morgan fingerprint density at radius 2 is 2.04 bits per heavy atom. The highest BCUT2D eigenvalue weighted by molar-refractivity contribution is 5.95. The third kappa shape index (κ3) is 3.93. The van der Waals surface area contributed by atoms with E-state index in [1.807, 2.05) is 16.8 Å². The Morgan fingerprint density at radius 3 is 2.68 bits per heavy atom. The molecule has 0 aliphatic carbocycles. The fourth-order valence-electron chi connectivity index (χ4n) is 3.51. The van der Waals surface area contributed by atoms with E-state index in [1.165, 1.54) is 5.56 Å². The smallest absolute Gasteiger partial charge is 0.255 e. The van der Waals surface area contributed by atoms with Gasteiger partial charge in [0.15, 0.2) is 0 Å². The third-order valence-corrected chi connectivity index (χ3v) is 4.84. The Hall–Kier alpha value is -2.14. The van der Waals surface area contributed by atoms with E-state index in [0.29, 0.717) is 11.6 Å². The van der Waals surface area contributed by atoms with Crippen molar-refractivity contribution < 1.29 is 4.79 Å². The maximum atomic E-state index is 12.9. The maximum absolute atomic E-state index is 12.9. The molecule has 5 nitrogen and oxygen atoms in total. The second-order valence-electron chi connectivity index (χ2n) is 7.40. The molecule has 1 amide bonds. The maximum Gasteiger partial charge on any atom is 0.255 e. The van der Waals surface area contributed by atoms with Crippen LogP contribution in [0.5, 0.6) is 0 Å². The molecule has 1 aliphatic heterocycles. The second kappa shape index (κ2) is 7.40. The number of carbonyl (C=O) groups excluding carboxylic acids is 1. The van der Waals surface area contributed by atoms with Crippen molar-refractivity contribution in [3.8, 4) is 5.69 Å². The molecule has 5 heteroatoms. The minimum absolute atomic E-state index is 0.0128. The number of amides is 1. The molecular weight excluding hydrogens is 312 g/mol. The summed E-state index contributed by atoms with van der Waals surface area (Å²) < 4.78 is 1.89. The van der Waals surface area contributed by atoms with Gasteiger partial charge in [-0.3, -0.25) is 4.79 Å². The van der Waals surface area contributed by atoms with Crippen LogP contribution in [0, 0.1) is 6.92 Å². The summed E-state index contributed by atoms with van der Waals surface area (Å²) in [5.74, 6) is 0.192. The van der Waals surface area contributed by atoms with Crippen LogP contribution in [0.25, 0.3) is 5.69 Å². The van der Waals surface area contributed by atoms with Gasteiger partial charge in [-0.05, 0) is 51.3 Å². The van der Waals surface area contributed by atoms with Gasteiger partial charge in [0.1, 0.15) is 0 Å². The number of nitrogens with one attached hydrogen (secondary N) is 2. The number of aromatic nitrogens is 2. The predicted molar refractivity (Wildman–Crippen MR) is 100 cm³/mol. The van der Waals surface area contributed by atoms with Gasteiger partial charge in [0.25, 0.3) is 5.91 Å². The molecule has 1 aromatic carbocycles. The van der Waals surface area contributed by atoms with Gasteiger partial charge >= 0.3 is 0 Å². The molecule has 3 rings (SSSR count). The van der Waals surface area contributed by atoms with Crippen LogP contribution in [0.2, 0.25) is 0 Å². The van der Waals surface area contributed by atoms with E-state index < -0.39 is 0 Å². The third-order valence-electron chi connectivity index (χ3n) is 4.84. The van der Waals surface area contributed by atoms with Gasteiger partial charge in [0, 0.05) is 12.1 Å². The molecule has 134 valence electrons. The summed E-state index contributed by atoms with van der Waals surface area (Å²) in [5.41, 5.74) is 3.84. The number of rotatable bonds is 4. The summed E-state index contributed by atoms with van der Waals surface area (Å²) in [6.45, 7) is 9.38. The van der Waals surface area contributed by atoms with Gasteiger partial charge in [0.05, 0.1) is 23.1 Å². The van der Waals surface area contributed by atoms with Gasteiger partial charge in [-0.15, -0.1) is 0 Å². The molecule has 1 saturated heterocycles. The highest BCUT2D eigenvalue weighted by atomic mass is 16.1. The van der Waals surface area contributed by atoms with E-state index in [4.69, 9.17) is 0 Å². The first-order chi connectivity index (χ1) is 12.0. The second-order valence-corrected chi connectivity index (χ2v) is 7.40. The number of nitrogens with zero attached hydrogens (tertiary/aromatic N) is 2. The number of carbonyl (C=O) groups is 1. The summed E-state index contributed by atoms with van der Waals surface area (Å²) >= 11 is 0. The molecule has 1 aromatic heterocycles. The first kappa shape index (κ1) is 17.7. The normalized spacial score (nSPS) is 20.7. The van der Waals surface area contributed by atoms with Crippen LogP contribution in [0.4, 0.5) is 0 Å². The Bertz CT molecular complexity index is 733. The van der Waals surface area contributed by atoms with E-state index in [2.05, 4.69) is 55.6 Å². The van der Waals surface area contributed by atoms with Crippen molar-refractivity contribution in [1.82, 2.24) is 20.4 Å². The molecule has 2 aromatic rings. The van der Waals surface area contributed by atoms with Crippen molar-refractivity contribution >= 4 is 5.91 Å². The fraction of sp³-hybridized carbons (Fsp3) is 0.500. The van der Waals surface area contributed by atoms with E-state index in [9.17, 15) is 4.79 Å². The van der Waals surface area contributed by atoms with Crippen LogP contribution < -0.4 is 10.6 Å². The molecule has 25 heavy (non-hydrogen) atoms. The Balaban J connectivity index is 1.86. The Labute approximate surface area is 149 Å². The van der Waals surface area contributed by atoms with E-state index in [-0.39, 0.29) is 17.9 Å². The molecule has 1 aliphatic rings. The molecule has 2 unspecified atom stereocenters. The molecule has 2 N–H and O–H groups in total. The van der Waals surface area contributed by atoms with E-state index in [1.54, 1.807) is 6.20 Å². The van der Waals surface area contributed by atoms with Crippen molar-refractivity contribution in [3.05, 3.63) is 47.3 Å². The van der Waals surface area contributed by atoms with Gasteiger partial charge in [-0.25, -0.2) is 4.68 Å². The minimum Gasteiger partial charge on any atom is -0.349 e. The molecule has 0 radical (unpaired) electrons. The average molecular weight is 340 g/mol. The summed E-state index contributed by atoms with van der Waals surface area (Å²) in [6, 6.07) is 8.90. The molecule has 1 fully saturated rings. The number of piperidine rings is 1. The SMILES string of the molecule is Cc1ccc(-n2ncc(C(=O)NC3CCNC(C)C3)c2C(C)C)cc1. The highest BCUT2D eigenvalue weighted by Crippen LogP contribution is 2.23. The van der Waals surface area contributed by atoms with Crippen molar-refractivity contribution in [2.75, 3.05) is 6.54 Å². The van der Waals surface area contributed by atoms with Crippen LogP contribution in [0.1, 0.15) is 61.1 Å². The van der Waals surface area contributed by atoms with Gasteiger partial charge in [-0.2, -0.15) is 5.10 Å². The number of hydrogen-bond acceptors (Lipinski definition) is 3. The van der Waals surface area contributed by atoms with Crippen LogP contribution in [-0.4, -0.2) is 34.3 Å². The van der Waals surface area contributed by atoms with Crippen LogP contribution in [-0.2, 0) is 0 Å². The lowest BCUT2D eigenvalue weighted by atomic mass is 9.99. The topological polar surface area (TPSA) is 59.0 Å². The molecule has 2 atom stereocenters. The largest absolute Gasteiger partial charge is 0.349 e. The molecule has 0 bridgehead atoms. The number of benzene rings is 1. The van der Waals surface area contributed by atoms with Crippen LogP contribution in [0.3, 0.4) is 0 Å². The lowest BCUT2D eigenvalue weighted by Crippen LogP contribution is -2.46. The quantitative estimate of drug-likeness (QED) is 0.899. The van der Waals surface area contributed by atoms with Crippen molar-refractivity contribution in [3.63, 3.8) is 0 Å². The van der Waals surface area contributed by atoms with Crippen LogP contribution >= 0.6 is 0 Å². The zero-order valence-corrected chi connectivity index (χ0v) is 15.5. The summed E-state index contributed by atoms with van der Waals surface area (Å²) in [4.78, 5) is 12.9. The van der Waals surface area contributed by atoms with Gasteiger partial charge < -0.3 is 10.6 Å². The Morgan fingerprint density at radius 1 is 1.32 bits per heavy atom. The van der Waals surface area contributed by atoms with Crippen molar-refractivity contribution in [2.24, 2.45) is 0 Å². The average Bonchev–Trinajstić information content (AvgIpc) is 3.01. The van der Waals surface area contributed by atoms with Gasteiger partial charge in [0.2, 0.25) is 0 Å². The van der Waals surface area contributed by atoms with Crippen LogP contribution in [0.15, 0.2) is 30.5 Å². The Kier molecular flexibility index (Phi) is 5.23. The highest BCUT2D eigenvalue weighted by Gasteiger charge is 2.25. The lowest BCUT2D eigenvalue weighted by Gasteiger charge is -2.28. The first-order valence-corrected chi connectivity index (χ1v) is 9.15. The first-order valence-electron chi connectivity index (χ1n) is 9.15. The van der Waals surface area contributed by atoms with Crippen molar-refractivity contribution in [1.29, 1.82) is 0 Å². The minimum atomic E-state index is -0.0128. The summed E-state index contributed by atoms with van der Waals surface area (Å²) in [6.07, 6.45) is 3.64. The van der Waals surface area contributed by atoms with E-state index in [0.717, 1.165) is 30.8 Å². The lowest BCUT2D eigenvalue weighted by molar-refractivity contribution is 0.0924. The predicted octanol–water partition coefficient (Wildman–Crippen LogP) is 3.17. The van der Waals surface area contributed by atoms with Crippen molar-refractivity contribution in [2.45, 2.75) is 58.5 Å². The zero-order valence-electron chi connectivity index (χ0n) is 15.5. The standard InChI is InChI=1S/C20H28N4O/c1-13(2)19-18(20(25)23-16-9-10-21-15(4)11-16)12-22-24(19)17-7-5-14(3)6-8-17/h5-8,12-13,15-16,21H,9-11H2,1-4H3,(H,23,25). The summed E-state index contributed by atoms with van der Waals surface area (Å²) in [7, 11) is 0. The molecule has 0 saturated carbocycles. The fourth-order valence-corrected chi connectivity index (χ4v) is 3.51. The van der Waals surface area contributed by atoms with Gasteiger partial charge in [-0.1, -0.05) is 31.5 Å². The number of aryl methyl sites for hydroxylation is 1. The number of hydrogen-bond donors (Lipinski definition) is 2. The summed E-state index contributed by atoms with van der Waals surface area (Å²) in [5, 5.41) is 11.1.